The van der Waals surface area contributed by atoms with Crippen LogP contribution in [0.4, 0.5) is 0 Å². The molecule has 0 aliphatic carbocycles. The third-order valence-corrected chi connectivity index (χ3v) is 3.60. The summed E-state index contributed by atoms with van der Waals surface area (Å²) in [7, 11) is 0. The predicted octanol–water partition coefficient (Wildman–Crippen LogP) is 1.01. The highest BCUT2D eigenvalue weighted by atomic mass is 16.1. The monoisotopic (exact) mass is 258 g/mol. The van der Waals surface area contributed by atoms with E-state index in [2.05, 4.69) is 20.0 Å². The largest absolute Gasteiger partial charge is 0.352 e. The second-order valence-corrected chi connectivity index (χ2v) is 5.01. The van der Waals surface area contributed by atoms with Crippen LogP contribution in [-0.2, 0) is 11.3 Å². The van der Waals surface area contributed by atoms with Crippen LogP contribution in [0, 0.1) is 6.92 Å². The zero-order chi connectivity index (χ0) is 13.2. The lowest BCUT2D eigenvalue weighted by molar-refractivity contribution is -0.119. The van der Waals surface area contributed by atoms with Crippen LogP contribution in [0.15, 0.2) is 24.4 Å². The number of nitrogens with one attached hydrogen (secondary N) is 2. The van der Waals surface area contributed by atoms with Gasteiger partial charge in [-0.15, -0.1) is 0 Å². The molecule has 0 aromatic carbocycles. The Labute approximate surface area is 112 Å². The average Bonchev–Trinajstić information content (AvgIpc) is 2.94. The fourth-order valence-electron chi connectivity index (χ4n) is 2.57. The maximum atomic E-state index is 11.1. The highest BCUT2D eigenvalue weighted by molar-refractivity contribution is 5.78. The number of carbonyl (C=O) groups is 1. The fraction of sp³-hybridized carbons (Fsp3) is 0.429. The van der Waals surface area contributed by atoms with Gasteiger partial charge in [0.05, 0.1) is 11.4 Å². The van der Waals surface area contributed by atoms with E-state index < -0.39 is 0 Å². The molecule has 0 saturated carbocycles. The highest BCUT2D eigenvalue weighted by Gasteiger charge is 2.20. The molecule has 1 amide bonds. The molecule has 0 bridgehead atoms. The normalized spacial score (nSPS) is 19.0. The molecule has 1 fully saturated rings. The predicted molar refractivity (Wildman–Crippen MR) is 72.8 cm³/mol. The lowest BCUT2D eigenvalue weighted by atomic mass is 10.2. The van der Waals surface area contributed by atoms with Gasteiger partial charge >= 0.3 is 0 Å². The SMILES string of the molecule is Cc1nc2ccccn2c1CNCC1CCC(=O)N1. The number of pyridine rings is 1. The van der Waals surface area contributed by atoms with E-state index >= 15 is 0 Å². The molecule has 5 nitrogen and oxygen atoms in total. The highest BCUT2D eigenvalue weighted by Crippen LogP contribution is 2.11. The Kier molecular flexibility index (Phi) is 3.21. The maximum absolute atomic E-state index is 11.1. The summed E-state index contributed by atoms with van der Waals surface area (Å²) in [5.74, 6) is 0.165. The van der Waals surface area contributed by atoms with E-state index in [-0.39, 0.29) is 11.9 Å². The van der Waals surface area contributed by atoms with Crippen LogP contribution in [0.5, 0.6) is 0 Å². The summed E-state index contributed by atoms with van der Waals surface area (Å²) in [4.78, 5) is 15.7. The first kappa shape index (κ1) is 12.2. The second-order valence-electron chi connectivity index (χ2n) is 5.01. The molecule has 3 heterocycles. The second kappa shape index (κ2) is 5.01. The molecule has 2 aromatic heterocycles. The first-order chi connectivity index (χ1) is 9.24. The standard InChI is InChI=1S/C14H18N4O/c1-10-12(18-7-3-2-4-13(18)16-10)9-15-8-11-5-6-14(19)17-11/h2-4,7,11,15H,5-6,8-9H2,1H3,(H,17,19). The fourth-order valence-corrected chi connectivity index (χ4v) is 2.57. The molecule has 1 aliphatic heterocycles. The van der Waals surface area contributed by atoms with Gasteiger partial charge in [-0.05, 0) is 25.5 Å². The maximum Gasteiger partial charge on any atom is 0.220 e. The van der Waals surface area contributed by atoms with Crippen molar-refractivity contribution in [2.45, 2.75) is 32.4 Å². The average molecular weight is 258 g/mol. The Morgan fingerprint density at radius 2 is 2.42 bits per heavy atom. The van der Waals surface area contributed by atoms with Crippen molar-refractivity contribution in [3.63, 3.8) is 0 Å². The van der Waals surface area contributed by atoms with E-state index in [1.165, 1.54) is 5.69 Å². The molecule has 5 heteroatoms. The Balaban J connectivity index is 1.65. The van der Waals surface area contributed by atoms with Crippen LogP contribution in [0.1, 0.15) is 24.2 Å². The summed E-state index contributed by atoms with van der Waals surface area (Å²) >= 11 is 0. The summed E-state index contributed by atoms with van der Waals surface area (Å²) in [5.41, 5.74) is 3.21. The van der Waals surface area contributed by atoms with Crippen molar-refractivity contribution in [3.8, 4) is 0 Å². The molecule has 1 atom stereocenters. The first-order valence-electron chi connectivity index (χ1n) is 6.66. The third kappa shape index (κ3) is 2.46. The van der Waals surface area contributed by atoms with E-state index in [1.54, 1.807) is 0 Å². The van der Waals surface area contributed by atoms with E-state index in [9.17, 15) is 4.79 Å². The Bertz CT molecular complexity index is 605. The van der Waals surface area contributed by atoms with Crippen LogP contribution in [0.2, 0.25) is 0 Å². The summed E-state index contributed by atoms with van der Waals surface area (Å²) < 4.78 is 2.11. The van der Waals surface area contributed by atoms with Gasteiger partial charge in [0, 0.05) is 31.7 Å². The van der Waals surface area contributed by atoms with Crippen LogP contribution < -0.4 is 10.6 Å². The molecule has 1 aliphatic rings. The number of nitrogens with zero attached hydrogens (tertiary/aromatic N) is 2. The van der Waals surface area contributed by atoms with Crippen molar-refractivity contribution >= 4 is 11.6 Å². The number of rotatable bonds is 4. The van der Waals surface area contributed by atoms with Crippen molar-refractivity contribution in [2.75, 3.05) is 6.54 Å². The number of aryl methyl sites for hydroxylation is 1. The summed E-state index contributed by atoms with van der Waals surface area (Å²) in [5, 5.41) is 6.37. The number of aromatic nitrogens is 2. The Morgan fingerprint density at radius 3 is 3.21 bits per heavy atom. The van der Waals surface area contributed by atoms with E-state index in [4.69, 9.17) is 0 Å². The first-order valence-corrected chi connectivity index (χ1v) is 6.66. The number of fused-ring (bicyclic) bond motifs is 1. The molecule has 0 radical (unpaired) electrons. The van der Waals surface area contributed by atoms with Gasteiger partial charge in [-0.3, -0.25) is 4.79 Å². The summed E-state index contributed by atoms with van der Waals surface area (Å²) in [6.07, 6.45) is 3.61. The van der Waals surface area contributed by atoms with Gasteiger partial charge in [0.25, 0.3) is 0 Å². The van der Waals surface area contributed by atoms with Gasteiger partial charge in [0.2, 0.25) is 5.91 Å². The zero-order valence-corrected chi connectivity index (χ0v) is 11.0. The van der Waals surface area contributed by atoms with Gasteiger partial charge in [-0.2, -0.15) is 0 Å². The van der Waals surface area contributed by atoms with Crippen molar-refractivity contribution in [1.82, 2.24) is 20.0 Å². The summed E-state index contributed by atoms with van der Waals surface area (Å²) in [6.45, 7) is 3.61. The topological polar surface area (TPSA) is 58.4 Å². The van der Waals surface area contributed by atoms with E-state index in [0.29, 0.717) is 6.42 Å². The minimum atomic E-state index is 0.165. The molecule has 3 rings (SSSR count). The molecule has 2 N–H and O–H groups in total. The molecule has 100 valence electrons. The van der Waals surface area contributed by atoms with Crippen LogP contribution in [0.25, 0.3) is 5.65 Å². The van der Waals surface area contributed by atoms with E-state index in [1.807, 2.05) is 31.3 Å². The molecule has 2 aromatic rings. The number of hydrogen-bond donors (Lipinski definition) is 2. The molecule has 1 unspecified atom stereocenters. The van der Waals surface area contributed by atoms with Crippen molar-refractivity contribution in [1.29, 1.82) is 0 Å². The summed E-state index contributed by atoms with van der Waals surface area (Å²) in [6, 6.07) is 6.28. The van der Waals surface area contributed by atoms with Crippen molar-refractivity contribution in [3.05, 3.63) is 35.8 Å². The lowest BCUT2D eigenvalue weighted by Gasteiger charge is -2.11. The Hall–Kier alpha value is -1.88. The zero-order valence-electron chi connectivity index (χ0n) is 11.0. The van der Waals surface area contributed by atoms with Gasteiger partial charge in [0.1, 0.15) is 5.65 Å². The Morgan fingerprint density at radius 1 is 1.53 bits per heavy atom. The van der Waals surface area contributed by atoms with Crippen LogP contribution in [0.3, 0.4) is 0 Å². The van der Waals surface area contributed by atoms with Gasteiger partial charge in [0.15, 0.2) is 0 Å². The van der Waals surface area contributed by atoms with Gasteiger partial charge < -0.3 is 15.0 Å². The van der Waals surface area contributed by atoms with E-state index in [0.717, 1.165) is 30.9 Å². The number of imidazole rings is 1. The molecule has 19 heavy (non-hydrogen) atoms. The number of hydrogen-bond acceptors (Lipinski definition) is 3. The quantitative estimate of drug-likeness (QED) is 0.860. The number of amides is 1. The third-order valence-electron chi connectivity index (χ3n) is 3.60. The van der Waals surface area contributed by atoms with Gasteiger partial charge in [-0.25, -0.2) is 4.98 Å². The molecular formula is C14H18N4O. The molecule has 0 spiro atoms. The van der Waals surface area contributed by atoms with Crippen LogP contribution in [-0.4, -0.2) is 27.9 Å². The van der Waals surface area contributed by atoms with Crippen LogP contribution >= 0.6 is 0 Å². The van der Waals surface area contributed by atoms with Gasteiger partial charge in [-0.1, -0.05) is 6.07 Å². The lowest BCUT2D eigenvalue weighted by Crippen LogP contribution is -2.35. The number of carbonyl (C=O) groups excluding carboxylic acids is 1. The smallest absolute Gasteiger partial charge is 0.220 e. The minimum Gasteiger partial charge on any atom is -0.352 e. The van der Waals surface area contributed by atoms with Crippen molar-refractivity contribution < 1.29 is 4.79 Å². The minimum absolute atomic E-state index is 0.165. The van der Waals surface area contributed by atoms with Crippen molar-refractivity contribution in [2.24, 2.45) is 0 Å². The molecular weight excluding hydrogens is 240 g/mol. The molecule has 1 saturated heterocycles.